The summed E-state index contributed by atoms with van der Waals surface area (Å²) in [6, 6.07) is 0. The Morgan fingerprint density at radius 3 is 3.09 bits per heavy atom. The highest BCUT2D eigenvalue weighted by molar-refractivity contribution is 7.09. The van der Waals surface area contributed by atoms with Crippen LogP contribution in [-0.4, -0.2) is 11.0 Å². The molecular weight excluding hydrogens is 164 g/mol. The molecule has 1 aromatic rings. The summed E-state index contributed by atoms with van der Waals surface area (Å²) in [5.74, 6) is 4.19. The number of nitrogens with zero attached hydrogens (tertiary/aromatic N) is 1. The highest BCUT2D eigenvalue weighted by Gasteiger charge is 2.05. The van der Waals surface area contributed by atoms with Crippen LogP contribution in [0.25, 0.3) is 0 Å². The molecule has 0 aromatic carbocycles. The molecule has 0 saturated carbocycles. The van der Waals surface area contributed by atoms with Crippen LogP contribution >= 0.6 is 11.3 Å². The van der Waals surface area contributed by atoms with Crippen molar-refractivity contribution in [3.05, 3.63) is 16.1 Å². The summed E-state index contributed by atoms with van der Waals surface area (Å²) in [5.41, 5.74) is 0.711. The number of aryl methyl sites for hydroxylation is 1. The van der Waals surface area contributed by atoms with Gasteiger partial charge in [-0.05, 0) is 6.92 Å². The zero-order valence-electron chi connectivity index (χ0n) is 6.03. The second kappa shape index (κ2) is 3.45. The van der Waals surface area contributed by atoms with Crippen LogP contribution in [0, 0.1) is 6.92 Å². The molecule has 0 bridgehead atoms. The molecule has 2 N–H and O–H groups in total. The van der Waals surface area contributed by atoms with Crippen molar-refractivity contribution in [1.82, 2.24) is 4.98 Å². The van der Waals surface area contributed by atoms with Crippen LogP contribution in [0.4, 0.5) is 0 Å². The minimum Gasteiger partial charge on any atom is -0.373 e. The van der Waals surface area contributed by atoms with Crippen LogP contribution in [0.2, 0.25) is 0 Å². The number of nitrogens with two attached hydrogens (primary N) is 1. The van der Waals surface area contributed by atoms with Gasteiger partial charge in [0.15, 0.2) is 0 Å². The molecule has 1 heterocycles. The van der Waals surface area contributed by atoms with Gasteiger partial charge in [-0.3, -0.25) is 0 Å². The van der Waals surface area contributed by atoms with Gasteiger partial charge in [0.05, 0.1) is 17.1 Å². The molecule has 1 rings (SSSR count). The molecule has 0 atom stereocenters. The second-order valence-electron chi connectivity index (χ2n) is 2.02. The normalized spacial score (nSPS) is 9.64. The predicted octanol–water partition coefficient (Wildman–Crippen LogP) is 0.411. The first-order valence-corrected chi connectivity index (χ1v) is 3.91. The molecule has 0 aliphatic heterocycles. The van der Waals surface area contributed by atoms with Crippen molar-refractivity contribution in [3.8, 4) is 0 Å². The molecule has 5 heteroatoms. The maximum absolute atomic E-state index is 10.6. The van der Waals surface area contributed by atoms with Crippen LogP contribution in [0.1, 0.15) is 10.7 Å². The van der Waals surface area contributed by atoms with Crippen LogP contribution in [0.3, 0.4) is 0 Å². The number of hydrogen-bond acceptors (Lipinski definition) is 5. The Kier molecular flexibility index (Phi) is 2.56. The van der Waals surface area contributed by atoms with E-state index in [1.165, 1.54) is 11.3 Å². The lowest BCUT2D eigenvalue weighted by atomic mass is 10.3. The quantitative estimate of drug-likeness (QED) is 0.656. The predicted molar refractivity (Wildman–Crippen MR) is 40.8 cm³/mol. The van der Waals surface area contributed by atoms with Crippen molar-refractivity contribution in [1.29, 1.82) is 0 Å². The van der Waals surface area contributed by atoms with Gasteiger partial charge in [0.2, 0.25) is 0 Å². The first-order valence-electron chi connectivity index (χ1n) is 3.03. The Morgan fingerprint density at radius 1 is 1.91 bits per heavy atom. The number of carbonyl (C=O) groups is 1. The minimum atomic E-state index is -0.463. The second-order valence-corrected chi connectivity index (χ2v) is 3.09. The van der Waals surface area contributed by atoms with E-state index < -0.39 is 5.97 Å². The molecular formula is C6H8N2O2S. The molecule has 4 nitrogen and oxygen atoms in total. The van der Waals surface area contributed by atoms with Gasteiger partial charge in [0, 0.05) is 5.38 Å². The molecule has 0 aliphatic rings. The van der Waals surface area contributed by atoms with Crippen LogP contribution in [-0.2, 0) is 16.1 Å². The molecule has 0 saturated heterocycles. The third kappa shape index (κ3) is 2.28. The Labute approximate surface area is 68.0 Å². The van der Waals surface area contributed by atoms with Crippen molar-refractivity contribution in [2.24, 2.45) is 5.90 Å². The van der Waals surface area contributed by atoms with E-state index in [0.29, 0.717) is 5.69 Å². The van der Waals surface area contributed by atoms with E-state index in [9.17, 15) is 4.79 Å². The van der Waals surface area contributed by atoms with Gasteiger partial charge in [0.25, 0.3) is 0 Å². The smallest absolute Gasteiger partial charge is 0.330 e. The zero-order valence-corrected chi connectivity index (χ0v) is 6.85. The standard InChI is InChI=1S/C6H8N2O2S/c1-4-8-5(3-11-4)2-6(9)10-7/h3H,2,7H2,1H3. The fourth-order valence-corrected chi connectivity index (χ4v) is 1.29. The Morgan fingerprint density at radius 2 is 2.64 bits per heavy atom. The van der Waals surface area contributed by atoms with Gasteiger partial charge in [-0.25, -0.2) is 9.78 Å². The Bertz CT molecular complexity index is 259. The fraction of sp³-hybridized carbons (Fsp3) is 0.333. The lowest BCUT2D eigenvalue weighted by Gasteiger charge is -1.92. The molecule has 0 radical (unpaired) electrons. The summed E-state index contributed by atoms with van der Waals surface area (Å²) in [6.07, 6.45) is 0.154. The van der Waals surface area contributed by atoms with E-state index in [1.807, 2.05) is 12.3 Å². The lowest BCUT2D eigenvalue weighted by molar-refractivity contribution is -0.143. The number of thiazole rings is 1. The summed E-state index contributed by atoms with van der Waals surface area (Å²) in [6.45, 7) is 1.88. The topological polar surface area (TPSA) is 65.2 Å². The minimum absolute atomic E-state index is 0.154. The SMILES string of the molecule is Cc1nc(CC(=O)ON)cs1. The third-order valence-electron chi connectivity index (χ3n) is 1.12. The number of aromatic nitrogens is 1. The average Bonchev–Trinajstić information content (AvgIpc) is 2.35. The zero-order chi connectivity index (χ0) is 8.27. The molecule has 0 aliphatic carbocycles. The third-order valence-corrected chi connectivity index (χ3v) is 1.95. The lowest BCUT2D eigenvalue weighted by Crippen LogP contribution is -2.12. The molecule has 0 fully saturated rings. The van der Waals surface area contributed by atoms with Crippen LogP contribution in [0.5, 0.6) is 0 Å². The van der Waals surface area contributed by atoms with Gasteiger partial charge in [-0.1, -0.05) is 0 Å². The van der Waals surface area contributed by atoms with Gasteiger partial charge >= 0.3 is 5.97 Å². The maximum Gasteiger partial charge on any atom is 0.330 e. The monoisotopic (exact) mass is 172 g/mol. The first-order chi connectivity index (χ1) is 5.22. The molecule has 0 unspecified atom stereocenters. The molecule has 11 heavy (non-hydrogen) atoms. The highest BCUT2D eigenvalue weighted by Crippen LogP contribution is 2.08. The Balaban J connectivity index is 2.57. The molecule has 0 spiro atoms. The van der Waals surface area contributed by atoms with E-state index >= 15 is 0 Å². The number of hydrogen-bond donors (Lipinski definition) is 1. The van der Waals surface area contributed by atoms with Crippen molar-refractivity contribution < 1.29 is 9.63 Å². The van der Waals surface area contributed by atoms with Crippen LogP contribution in [0.15, 0.2) is 5.38 Å². The molecule has 60 valence electrons. The molecule has 0 amide bonds. The summed E-state index contributed by atoms with van der Waals surface area (Å²) in [7, 11) is 0. The summed E-state index contributed by atoms with van der Waals surface area (Å²) < 4.78 is 0. The van der Waals surface area contributed by atoms with Crippen molar-refractivity contribution in [3.63, 3.8) is 0 Å². The van der Waals surface area contributed by atoms with E-state index in [4.69, 9.17) is 0 Å². The fourth-order valence-electron chi connectivity index (χ4n) is 0.679. The van der Waals surface area contributed by atoms with Crippen LogP contribution < -0.4 is 5.90 Å². The van der Waals surface area contributed by atoms with Crippen molar-refractivity contribution in [2.75, 3.05) is 0 Å². The number of carbonyl (C=O) groups excluding carboxylic acids is 1. The Hall–Kier alpha value is -0.940. The number of rotatable bonds is 2. The van der Waals surface area contributed by atoms with E-state index in [2.05, 4.69) is 15.7 Å². The largest absolute Gasteiger partial charge is 0.373 e. The maximum atomic E-state index is 10.6. The van der Waals surface area contributed by atoms with E-state index in [-0.39, 0.29) is 6.42 Å². The summed E-state index contributed by atoms with van der Waals surface area (Å²) in [4.78, 5) is 18.7. The van der Waals surface area contributed by atoms with Gasteiger partial charge in [-0.15, -0.1) is 11.3 Å². The average molecular weight is 172 g/mol. The summed E-state index contributed by atoms with van der Waals surface area (Å²) >= 11 is 1.50. The van der Waals surface area contributed by atoms with Crippen molar-refractivity contribution in [2.45, 2.75) is 13.3 Å². The van der Waals surface area contributed by atoms with Gasteiger partial charge < -0.3 is 4.84 Å². The summed E-state index contributed by atoms with van der Waals surface area (Å²) in [5, 5.41) is 2.75. The van der Waals surface area contributed by atoms with Gasteiger partial charge in [-0.2, -0.15) is 5.90 Å². The highest BCUT2D eigenvalue weighted by atomic mass is 32.1. The molecule has 1 aromatic heterocycles. The first kappa shape index (κ1) is 8.16. The van der Waals surface area contributed by atoms with Crippen molar-refractivity contribution >= 4 is 17.3 Å². The van der Waals surface area contributed by atoms with Gasteiger partial charge in [0.1, 0.15) is 0 Å². The van der Waals surface area contributed by atoms with E-state index in [1.54, 1.807) is 0 Å². The van der Waals surface area contributed by atoms with E-state index in [0.717, 1.165) is 5.01 Å².